The van der Waals surface area contributed by atoms with Crippen LogP contribution in [0, 0.1) is 0 Å². The molecule has 2 aliphatic heterocycles. The molecule has 0 aromatic carbocycles. The summed E-state index contributed by atoms with van der Waals surface area (Å²) >= 11 is 2.05. The topological polar surface area (TPSA) is 38.3 Å². The Morgan fingerprint density at radius 3 is 2.89 bits per heavy atom. The molecule has 2 aliphatic rings. The molecule has 0 radical (unpaired) electrons. The van der Waals surface area contributed by atoms with Crippen LogP contribution in [0.5, 0.6) is 0 Å². The van der Waals surface area contributed by atoms with Gasteiger partial charge in [0.05, 0.1) is 5.60 Å². The van der Waals surface area contributed by atoms with E-state index in [0.717, 1.165) is 32.4 Å². The van der Waals surface area contributed by atoms with Crippen LogP contribution in [0.15, 0.2) is 0 Å². The summed E-state index contributed by atoms with van der Waals surface area (Å²) in [5.41, 5.74) is 0.167. The highest BCUT2D eigenvalue weighted by Crippen LogP contribution is 2.37. The van der Waals surface area contributed by atoms with Crippen LogP contribution in [0.1, 0.15) is 39.0 Å². The van der Waals surface area contributed by atoms with Crippen LogP contribution in [0.25, 0.3) is 0 Å². The predicted octanol–water partition coefficient (Wildman–Crippen LogP) is 2.18. The number of rotatable bonds is 5. The molecule has 112 valence electrons. The van der Waals surface area contributed by atoms with E-state index < -0.39 is 10.8 Å². The Morgan fingerprint density at radius 2 is 2.21 bits per heavy atom. The van der Waals surface area contributed by atoms with Gasteiger partial charge in [-0.05, 0) is 50.2 Å². The van der Waals surface area contributed by atoms with E-state index in [4.69, 9.17) is 4.74 Å². The number of thioether (sulfide) groups is 1. The summed E-state index contributed by atoms with van der Waals surface area (Å²) in [4.78, 5) is 0. The molecule has 3 nitrogen and oxygen atoms in total. The number of hydrogen-bond acceptors (Lipinski definition) is 4. The highest BCUT2D eigenvalue weighted by Gasteiger charge is 2.38. The van der Waals surface area contributed by atoms with Crippen molar-refractivity contribution in [2.75, 3.05) is 30.9 Å². The van der Waals surface area contributed by atoms with Gasteiger partial charge in [0.2, 0.25) is 0 Å². The van der Waals surface area contributed by atoms with Gasteiger partial charge in [0.15, 0.2) is 0 Å². The van der Waals surface area contributed by atoms with Crippen LogP contribution in [0.3, 0.4) is 0 Å². The molecule has 3 unspecified atom stereocenters. The van der Waals surface area contributed by atoms with Crippen LogP contribution < -0.4 is 5.32 Å². The van der Waals surface area contributed by atoms with Crippen LogP contribution in [-0.2, 0) is 15.5 Å². The first kappa shape index (κ1) is 15.8. The Hall–Kier alpha value is 0.420. The second-order valence-electron chi connectivity index (χ2n) is 5.89. The van der Waals surface area contributed by atoms with Gasteiger partial charge in [-0.25, -0.2) is 0 Å². The summed E-state index contributed by atoms with van der Waals surface area (Å²) in [7, 11) is -0.695. The van der Waals surface area contributed by atoms with E-state index in [0.29, 0.717) is 11.3 Å². The molecule has 0 bridgehead atoms. The maximum absolute atomic E-state index is 11.3. The third-order valence-electron chi connectivity index (χ3n) is 4.45. The summed E-state index contributed by atoms with van der Waals surface area (Å²) < 4.78 is 17.4. The summed E-state index contributed by atoms with van der Waals surface area (Å²) in [6, 6.07) is 0.592. The summed E-state index contributed by atoms with van der Waals surface area (Å²) in [5, 5.41) is 3.96. The zero-order chi connectivity index (χ0) is 13.7. The second-order valence-corrected chi connectivity index (χ2v) is 8.91. The molecule has 3 atom stereocenters. The number of ether oxygens (including phenoxy) is 1. The van der Waals surface area contributed by atoms with Crippen LogP contribution in [0.2, 0.25) is 0 Å². The Morgan fingerprint density at radius 1 is 1.47 bits per heavy atom. The van der Waals surface area contributed by atoms with Gasteiger partial charge >= 0.3 is 0 Å². The monoisotopic (exact) mass is 305 g/mol. The van der Waals surface area contributed by atoms with Crippen molar-refractivity contribution in [2.45, 2.75) is 55.9 Å². The highest BCUT2D eigenvalue weighted by molar-refractivity contribution is 7.99. The maximum Gasteiger partial charge on any atom is 0.0713 e. The molecule has 0 saturated carbocycles. The smallest absolute Gasteiger partial charge is 0.0713 e. The first-order valence-corrected chi connectivity index (χ1v) is 10.2. The highest BCUT2D eigenvalue weighted by atomic mass is 32.2. The van der Waals surface area contributed by atoms with Gasteiger partial charge in [0.1, 0.15) is 0 Å². The third kappa shape index (κ3) is 4.73. The summed E-state index contributed by atoms with van der Waals surface area (Å²) in [6.45, 7) is 3.95. The normalized spacial score (nSPS) is 30.1. The lowest BCUT2D eigenvalue weighted by Gasteiger charge is -2.43. The van der Waals surface area contributed by atoms with Gasteiger partial charge in [-0.15, -0.1) is 0 Å². The molecular weight excluding hydrogens is 278 g/mol. The molecule has 2 fully saturated rings. The van der Waals surface area contributed by atoms with Crippen molar-refractivity contribution in [1.29, 1.82) is 0 Å². The first-order chi connectivity index (χ1) is 9.11. The average Bonchev–Trinajstić information content (AvgIpc) is 2.39. The zero-order valence-electron chi connectivity index (χ0n) is 12.2. The molecule has 2 saturated heterocycles. The van der Waals surface area contributed by atoms with E-state index in [1.807, 2.05) is 0 Å². The molecule has 0 aromatic rings. The molecular formula is C14H27NO2S2. The van der Waals surface area contributed by atoms with Crippen molar-refractivity contribution in [3.8, 4) is 0 Å². The number of nitrogens with one attached hydrogen (secondary N) is 1. The molecule has 19 heavy (non-hydrogen) atoms. The van der Waals surface area contributed by atoms with E-state index in [9.17, 15) is 4.21 Å². The molecule has 0 amide bonds. The molecule has 0 aliphatic carbocycles. The average molecular weight is 306 g/mol. The quantitative estimate of drug-likeness (QED) is 0.845. The van der Waals surface area contributed by atoms with Crippen LogP contribution in [-0.4, -0.2) is 52.0 Å². The van der Waals surface area contributed by atoms with Crippen molar-refractivity contribution in [3.63, 3.8) is 0 Å². The Balaban J connectivity index is 1.73. The van der Waals surface area contributed by atoms with Gasteiger partial charge < -0.3 is 10.1 Å². The molecule has 2 heterocycles. The van der Waals surface area contributed by atoms with Crippen molar-refractivity contribution >= 4 is 22.6 Å². The molecule has 1 spiro atoms. The number of hydrogen-bond donors (Lipinski definition) is 1. The minimum atomic E-state index is -0.695. The van der Waals surface area contributed by atoms with Gasteiger partial charge in [-0.2, -0.15) is 11.8 Å². The lowest BCUT2D eigenvalue weighted by molar-refractivity contribution is -0.0930. The lowest BCUT2D eigenvalue weighted by Crippen LogP contribution is -2.49. The van der Waals surface area contributed by atoms with Crippen LogP contribution >= 0.6 is 11.8 Å². The minimum absolute atomic E-state index is 0.167. The fourth-order valence-electron chi connectivity index (χ4n) is 2.95. The Kier molecular flexibility index (Phi) is 6.18. The summed E-state index contributed by atoms with van der Waals surface area (Å²) in [6.07, 6.45) is 7.52. The van der Waals surface area contributed by atoms with Gasteiger partial charge in [-0.1, -0.05) is 6.92 Å². The van der Waals surface area contributed by atoms with Crippen molar-refractivity contribution in [3.05, 3.63) is 0 Å². The fourth-order valence-corrected chi connectivity index (χ4v) is 4.64. The lowest BCUT2D eigenvalue weighted by atomic mass is 9.85. The first-order valence-electron chi connectivity index (χ1n) is 7.39. The SMILES string of the molecule is CC(CCNC1CCOC2(CCSCC2)C1)S(C)=O. The molecule has 5 heteroatoms. The molecule has 2 rings (SSSR count). The van der Waals surface area contributed by atoms with Crippen molar-refractivity contribution in [2.24, 2.45) is 0 Å². The standard InChI is InChI=1S/C14H27NO2S2/c1-12(19(2)16)3-7-15-13-4-8-17-14(11-13)5-9-18-10-6-14/h12-13,15H,3-11H2,1-2H3. The largest absolute Gasteiger partial charge is 0.375 e. The van der Waals surface area contributed by atoms with E-state index in [1.165, 1.54) is 24.3 Å². The van der Waals surface area contributed by atoms with E-state index in [-0.39, 0.29) is 5.60 Å². The fraction of sp³-hybridized carbons (Fsp3) is 1.00. The second kappa shape index (κ2) is 7.43. The maximum atomic E-state index is 11.3. The van der Waals surface area contributed by atoms with E-state index in [2.05, 4.69) is 24.0 Å². The summed E-state index contributed by atoms with van der Waals surface area (Å²) in [5.74, 6) is 2.50. The van der Waals surface area contributed by atoms with Gasteiger partial charge in [0, 0.05) is 35.0 Å². The van der Waals surface area contributed by atoms with E-state index in [1.54, 1.807) is 6.26 Å². The van der Waals surface area contributed by atoms with E-state index >= 15 is 0 Å². The minimum Gasteiger partial charge on any atom is -0.375 e. The predicted molar refractivity (Wildman–Crippen MR) is 84.4 cm³/mol. The molecule has 1 N–H and O–H groups in total. The molecule has 0 aromatic heterocycles. The van der Waals surface area contributed by atoms with Crippen LogP contribution in [0.4, 0.5) is 0 Å². The van der Waals surface area contributed by atoms with Crippen molar-refractivity contribution < 1.29 is 8.95 Å². The zero-order valence-corrected chi connectivity index (χ0v) is 13.8. The Labute approximate surface area is 124 Å². The third-order valence-corrected chi connectivity index (χ3v) is 6.80. The van der Waals surface area contributed by atoms with Gasteiger partial charge in [-0.3, -0.25) is 4.21 Å². The van der Waals surface area contributed by atoms with Gasteiger partial charge in [0.25, 0.3) is 0 Å². The van der Waals surface area contributed by atoms with Crippen molar-refractivity contribution in [1.82, 2.24) is 5.32 Å². The Bertz CT molecular complexity index is 300.